The molecule has 1 atom stereocenters. The molecule has 5 nitrogen and oxygen atoms in total. The van der Waals surface area contributed by atoms with Gasteiger partial charge in [0.15, 0.2) is 0 Å². The summed E-state index contributed by atoms with van der Waals surface area (Å²) in [6, 6.07) is -0.0393. The Labute approximate surface area is 117 Å². The minimum Gasteiger partial charge on any atom is -0.481 e. The number of thiazole rings is 1. The van der Waals surface area contributed by atoms with Gasteiger partial charge < -0.3 is 9.84 Å². The predicted octanol–water partition coefficient (Wildman–Crippen LogP) is 1.77. The van der Waals surface area contributed by atoms with Crippen molar-refractivity contribution in [1.82, 2.24) is 9.88 Å². The third-order valence-electron chi connectivity index (χ3n) is 3.19. The number of hydrogen-bond acceptors (Lipinski definition) is 5. The van der Waals surface area contributed by atoms with Gasteiger partial charge in [-0.15, -0.1) is 11.3 Å². The van der Waals surface area contributed by atoms with Crippen molar-refractivity contribution in [3.8, 4) is 0 Å². The molecule has 1 aliphatic rings. The van der Waals surface area contributed by atoms with Crippen LogP contribution in [0, 0.1) is 0 Å². The maximum absolute atomic E-state index is 10.9. The monoisotopic (exact) mass is 284 g/mol. The van der Waals surface area contributed by atoms with Gasteiger partial charge in [-0.1, -0.05) is 6.92 Å². The van der Waals surface area contributed by atoms with Crippen LogP contribution < -0.4 is 0 Å². The van der Waals surface area contributed by atoms with Crippen LogP contribution in [0.4, 0.5) is 0 Å². The van der Waals surface area contributed by atoms with Crippen LogP contribution in [0.5, 0.6) is 0 Å². The fourth-order valence-electron chi connectivity index (χ4n) is 2.25. The van der Waals surface area contributed by atoms with Crippen molar-refractivity contribution in [1.29, 1.82) is 0 Å². The van der Waals surface area contributed by atoms with Gasteiger partial charge in [0.25, 0.3) is 0 Å². The molecule has 0 aliphatic carbocycles. The van der Waals surface area contributed by atoms with E-state index in [1.807, 2.05) is 0 Å². The number of aromatic nitrogens is 1. The maximum Gasteiger partial charge on any atom is 0.305 e. The summed E-state index contributed by atoms with van der Waals surface area (Å²) in [6.07, 6.45) is 2.25. The van der Waals surface area contributed by atoms with Crippen LogP contribution in [0.2, 0.25) is 0 Å². The molecular formula is C13H20N2O3S. The minimum atomic E-state index is -0.773. The summed E-state index contributed by atoms with van der Waals surface area (Å²) in [7, 11) is 0. The van der Waals surface area contributed by atoms with E-state index >= 15 is 0 Å². The fraction of sp³-hybridized carbons (Fsp3) is 0.692. The highest BCUT2D eigenvalue weighted by atomic mass is 32.1. The highest BCUT2D eigenvalue weighted by Crippen LogP contribution is 2.17. The van der Waals surface area contributed by atoms with E-state index in [0.29, 0.717) is 13.2 Å². The third-order valence-corrected chi connectivity index (χ3v) is 4.15. The van der Waals surface area contributed by atoms with Gasteiger partial charge in [-0.3, -0.25) is 9.69 Å². The van der Waals surface area contributed by atoms with Gasteiger partial charge in [-0.25, -0.2) is 4.98 Å². The molecule has 1 fully saturated rings. The average molecular weight is 284 g/mol. The number of carbonyl (C=O) groups is 1. The summed E-state index contributed by atoms with van der Waals surface area (Å²) in [5.74, 6) is -0.773. The lowest BCUT2D eigenvalue weighted by Gasteiger charge is -2.34. The van der Waals surface area contributed by atoms with Gasteiger partial charge in [0, 0.05) is 24.5 Å². The van der Waals surface area contributed by atoms with E-state index in [4.69, 9.17) is 9.84 Å². The van der Waals surface area contributed by atoms with E-state index in [-0.39, 0.29) is 12.5 Å². The first-order valence-electron chi connectivity index (χ1n) is 6.66. The Morgan fingerprint density at radius 3 is 3.26 bits per heavy atom. The van der Waals surface area contributed by atoms with Gasteiger partial charge in [0.1, 0.15) is 0 Å². The van der Waals surface area contributed by atoms with Gasteiger partial charge in [0.2, 0.25) is 0 Å². The number of rotatable bonds is 6. The molecule has 1 unspecified atom stereocenters. The molecule has 19 heavy (non-hydrogen) atoms. The summed E-state index contributed by atoms with van der Waals surface area (Å²) in [4.78, 5) is 17.6. The molecule has 0 radical (unpaired) electrons. The first kappa shape index (κ1) is 14.4. The number of aliphatic carboxylic acids is 1. The Balaban J connectivity index is 1.95. The molecule has 6 heteroatoms. The van der Waals surface area contributed by atoms with E-state index in [1.165, 1.54) is 5.01 Å². The van der Waals surface area contributed by atoms with Crippen molar-refractivity contribution in [3.63, 3.8) is 0 Å². The van der Waals surface area contributed by atoms with Crippen molar-refractivity contribution < 1.29 is 14.6 Å². The normalized spacial score (nSPS) is 20.6. The molecule has 1 saturated heterocycles. The number of ether oxygens (including phenoxy) is 1. The molecule has 1 N–H and O–H groups in total. The lowest BCUT2D eigenvalue weighted by atomic mass is 10.1. The van der Waals surface area contributed by atoms with Crippen molar-refractivity contribution in [2.45, 2.75) is 38.8 Å². The van der Waals surface area contributed by atoms with Crippen LogP contribution in [-0.4, -0.2) is 46.8 Å². The molecule has 1 aromatic heterocycles. The molecule has 0 amide bonds. The van der Waals surface area contributed by atoms with Crippen molar-refractivity contribution in [2.24, 2.45) is 0 Å². The van der Waals surface area contributed by atoms with Crippen molar-refractivity contribution in [3.05, 3.63) is 16.1 Å². The van der Waals surface area contributed by atoms with Crippen LogP contribution in [0.15, 0.2) is 5.38 Å². The van der Waals surface area contributed by atoms with Crippen molar-refractivity contribution in [2.75, 3.05) is 19.8 Å². The minimum absolute atomic E-state index is 0.0393. The molecule has 0 saturated carbocycles. The summed E-state index contributed by atoms with van der Waals surface area (Å²) < 4.78 is 5.37. The lowest BCUT2D eigenvalue weighted by Crippen LogP contribution is -2.45. The lowest BCUT2D eigenvalue weighted by molar-refractivity contribution is -0.140. The molecule has 0 bridgehead atoms. The highest BCUT2D eigenvalue weighted by molar-refractivity contribution is 7.09. The van der Waals surface area contributed by atoms with Gasteiger partial charge in [-0.05, 0) is 12.8 Å². The molecule has 0 spiro atoms. The number of aryl methyl sites for hydroxylation is 1. The Morgan fingerprint density at radius 1 is 1.68 bits per heavy atom. The van der Waals surface area contributed by atoms with Crippen LogP contribution in [0.1, 0.15) is 30.5 Å². The summed E-state index contributed by atoms with van der Waals surface area (Å²) >= 11 is 1.69. The fourth-order valence-corrected chi connectivity index (χ4v) is 3.14. The van der Waals surface area contributed by atoms with Crippen LogP contribution in [0.25, 0.3) is 0 Å². The molecule has 2 heterocycles. The van der Waals surface area contributed by atoms with E-state index in [0.717, 1.165) is 31.6 Å². The predicted molar refractivity (Wildman–Crippen MR) is 73.4 cm³/mol. The summed E-state index contributed by atoms with van der Waals surface area (Å²) in [6.45, 7) is 4.81. The largest absolute Gasteiger partial charge is 0.481 e. The van der Waals surface area contributed by atoms with Crippen LogP contribution >= 0.6 is 11.3 Å². The Bertz CT molecular complexity index is 422. The maximum atomic E-state index is 10.9. The van der Waals surface area contributed by atoms with Gasteiger partial charge in [-0.2, -0.15) is 0 Å². The van der Waals surface area contributed by atoms with Gasteiger partial charge >= 0.3 is 5.97 Å². The molecule has 2 rings (SSSR count). The molecule has 0 aromatic carbocycles. The number of hydrogen-bond donors (Lipinski definition) is 1. The standard InChI is InChI=1S/C13H20N2O3S/c1-2-3-12-14-10(9-19-12)7-15-4-5-18-8-11(15)6-13(16)17/h9,11H,2-8H2,1H3,(H,16,17). The van der Waals surface area contributed by atoms with Crippen molar-refractivity contribution >= 4 is 17.3 Å². The first-order valence-corrected chi connectivity index (χ1v) is 7.54. The zero-order valence-electron chi connectivity index (χ0n) is 11.2. The van der Waals surface area contributed by atoms with E-state index in [2.05, 4.69) is 22.2 Å². The average Bonchev–Trinajstić information content (AvgIpc) is 2.79. The van der Waals surface area contributed by atoms with Gasteiger partial charge in [0.05, 0.1) is 30.3 Å². The Kier molecular flexibility index (Phi) is 5.30. The smallest absolute Gasteiger partial charge is 0.305 e. The molecule has 106 valence electrons. The number of nitrogens with zero attached hydrogens (tertiary/aromatic N) is 2. The summed E-state index contributed by atoms with van der Waals surface area (Å²) in [5, 5.41) is 12.2. The zero-order valence-corrected chi connectivity index (χ0v) is 12.0. The zero-order chi connectivity index (χ0) is 13.7. The Morgan fingerprint density at radius 2 is 2.53 bits per heavy atom. The topological polar surface area (TPSA) is 62.7 Å². The number of carboxylic acid groups (broad SMARTS) is 1. The number of carboxylic acids is 1. The third kappa shape index (κ3) is 4.26. The summed E-state index contributed by atoms with van der Waals surface area (Å²) in [5.41, 5.74) is 1.05. The van der Waals surface area contributed by atoms with E-state index < -0.39 is 5.97 Å². The Hall–Kier alpha value is -0.980. The van der Waals surface area contributed by atoms with E-state index in [1.54, 1.807) is 11.3 Å². The van der Waals surface area contributed by atoms with Crippen LogP contribution in [0.3, 0.4) is 0 Å². The second kappa shape index (κ2) is 6.98. The molecule has 1 aromatic rings. The molecule has 1 aliphatic heterocycles. The van der Waals surface area contributed by atoms with Crippen LogP contribution in [-0.2, 0) is 22.5 Å². The SMILES string of the molecule is CCCc1nc(CN2CCOCC2CC(=O)O)cs1. The van der Waals surface area contributed by atoms with E-state index in [9.17, 15) is 4.79 Å². The second-order valence-electron chi connectivity index (χ2n) is 4.78. The molecular weight excluding hydrogens is 264 g/mol. The quantitative estimate of drug-likeness (QED) is 0.862. The number of morpholine rings is 1. The second-order valence-corrected chi connectivity index (χ2v) is 5.72. The first-order chi connectivity index (χ1) is 9.19. The highest BCUT2D eigenvalue weighted by Gasteiger charge is 2.25.